The number of amides is 1. The van der Waals surface area contributed by atoms with Crippen LogP contribution in [-0.2, 0) is 22.3 Å². The summed E-state index contributed by atoms with van der Waals surface area (Å²) in [5.74, 6) is -1.44. The van der Waals surface area contributed by atoms with Crippen molar-refractivity contribution in [2.45, 2.75) is 32.7 Å². The van der Waals surface area contributed by atoms with E-state index in [9.17, 15) is 27.6 Å². The molecule has 0 aliphatic carbocycles. The number of aromatic nitrogens is 2. The van der Waals surface area contributed by atoms with Gasteiger partial charge in [-0.25, -0.2) is 9.78 Å². The summed E-state index contributed by atoms with van der Waals surface area (Å²) in [6, 6.07) is 12.5. The third-order valence-electron chi connectivity index (χ3n) is 5.56. The Kier molecular flexibility index (Phi) is 6.93. The Balaban J connectivity index is 1.59. The number of para-hydroxylation sites is 1. The first kappa shape index (κ1) is 25.1. The summed E-state index contributed by atoms with van der Waals surface area (Å²) >= 11 is 0.993. The minimum atomic E-state index is -4.66. The highest BCUT2D eigenvalue weighted by Gasteiger charge is 2.34. The Morgan fingerprint density at radius 3 is 2.47 bits per heavy atom. The van der Waals surface area contributed by atoms with Gasteiger partial charge in [0, 0.05) is 0 Å². The van der Waals surface area contributed by atoms with E-state index in [1.807, 2.05) is 30.3 Å². The summed E-state index contributed by atoms with van der Waals surface area (Å²) in [6.07, 6.45) is -3.52. The fourth-order valence-corrected chi connectivity index (χ4v) is 4.63. The van der Waals surface area contributed by atoms with E-state index in [2.05, 4.69) is 10.3 Å². The summed E-state index contributed by atoms with van der Waals surface area (Å²) in [4.78, 5) is 43.3. The fourth-order valence-electron chi connectivity index (χ4n) is 3.60. The molecule has 0 radical (unpaired) electrons. The molecule has 0 aliphatic heterocycles. The second kappa shape index (κ2) is 9.94. The van der Waals surface area contributed by atoms with Crippen LogP contribution in [0.3, 0.4) is 0 Å². The van der Waals surface area contributed by atoms with E-state index in [0.29, 0.717) is 5.56 Å². The Bertz CT molecular complexity index is 1500. The van der Waals surface area contributed by atoms with Gasteiger partial charge in [0.25, 0.3) is 5.56 Å². The molecule has 2 aromatic carbocycles. The number of halogens is 3. The Morgan fingerprint density at radius 1 is 1.11 bits per heavy atom. The topological polar surface area (TPSA) is 90.3 Å². The van der Waals surface area contributed by atoms with Gasteiger partial charge in [-0.15, -0.1) is 11.3 Å². The predicted octanol–water partition coefficient (Wildman–Crippen LogP) is 5.34. The first-order valence-electron chi connectivity index (χ1n) is 10.8. The highest BCUT2D eigenvalue weighted by molar-refractivity contribution is 7.20. The zero-order chi connectivity index (χ0) is 26.0. The van der Waals surface area contributed by atoms with Crippen LogP contribution in [-0.4, -0.2) is 21.4 Å². The number of anilines is 1. The van der Waals surface area contributed by atoms with Crippen LogP contribution in [0, 0.1) is 6.92 Å². The van der Waals surface area contributed by atoms with Gasteiger partial charge in [-0.1, -0.05) is 42.5 Å². The Hall–Kier alpha value is -3.99. The number of nitrogens with zero attached hydrogens (tertiary/aromatic N) is 2. The number of benzene rings is 2. The number of carbonyl (C=O) groups excluding carboxylic acids is 2. The number of hydrogen-bond acceptors (Lipinski definition) is 6. The lowest BCUT2D eigenvalue weighted by Gasteiger charge is -2.17. The van der Waals surface area contributed by atoms with Gasteiger partial charge < -0.3 is 10.1 Å². The number of aryl methyl sites for hydroxylation is 1. The number of ether oxygens (including phenoxy) is 1. The summed E-state index contributed by atoms with van der Waals surface area (Å²) in [5, 5.41) is 2.39. The Labute approximate surface area is 207 Å². The number of hydrogen-bond donors (Lipinski definition) is 1. The first-order valence-corrected chi connectivity index (χ1v) is 11.6. The Morgan fingerprint density at radius 2 is 1.78 bits per heavy atom. The third-order valence-corrected chi connectivity index (χ3v) is 6.74. The van der Waals surface area contributed by atoms with Crippen molar-refractivity contribution in [1.82, 2.24) is 9.55 Å². The molecule has 186 valence electrons. The quantitative estimate of drug-likeness (QED) is 0.350. The van der Waals surface area contributed by atoms with Gasteiger partial charge in [0.05, 0.1) is 23.0 Å². The van der Waals surface area contributed by atoms with E-state index in [-0.39, 0.29) is 21.7 Å². The number of fused-ring (bicyclic) bond motifs is 1. The van der Waals surface area contributed by atoms with Crippen LogP contribution in [0.4, 0.5) is 18.9 Å². The second-order valence-electron chi connectivity index (χ2n) is 7.96. The third kappa shape index (κ3) is 5.01. The smallest absolute Gasteiger partial charge is 0.418 e. The average molecular weight is 516 g/mol. The number of esters is 1. The van der Waals surface area contributed by atoms with E-state index < -0.39 is 40.9 Å². The van der Waals surface area contributed by atoms with Crippen LogP contribution in [0.25, 0.3) is 10.2 Å². The molecule has 0 saturated carbocycles. The van der Waals surface area contributed by atoms with Crippen molar-refractivity contribution in [1.29, 1.82) is 0 Å². The fraction of sp³-hybridized carbons (Fsp3) is 0.200. The zero-order valence-corrected chi connectivity index (χ0v) is 19.9. The molecule has 4 aromatic rings. The SMILES string of the molecule is Cc1c(C(=O)OCc2ccccc2)sc2ncn(C(C)C(=O)Nc3ccccc3C(F)(F)F)c(=O)c12. The van der Waals surface area contributed by atoms with Crippen molar-refractivity contribution in [2.24, 2.45) is 0 Å². The normalized spacial score (nSPS) is 12.4. The summed E-state index contributed by atoms with van der Waals surface area (Å²) in [5.41, 5.74) is -0.854. The molecule has 0 aliphatic rings. The number of thiophene rings is 1. The molecule has 0 fully saturated rings. The number of rotatable bonds is 6. The van der Waals surface area contributed by atoms with Crippen molar-refractivity contribution in [3.8, 4) is 0 Å². The molecule has 2 heterocycles. The van der Waals surface area contributed by atoms with Crippen molar-refractivity contribution in [2.75, 3.05) is 5.32 Å². The molecule has 2 aromatic heterocycles. The molecule has 4 rings (SSSR count). The monoisotopic (exact) mass is 515 g/mol. The maximum Gasteiger partial charge on any atom is 0.418 e. The lowest BCUT2D eigenvalue weighted by Crippen LogP contribution is -2.32. The van der Waals surface area contributed by atoms with Gasteiger partial charge in [0.15, 0.2) is 0 Å². The maximum atomic E-state index is 13.3. The molecule has 0 spiro atoms. The highest BCUT2D eigenvalue weighted by Crippen LogP contribution is 2.35. The van der Waals surface area contributed by atoms with Crippen molar-refractivity contribution in [3.05, 3.63) is 92.8 Å². The van der Waals surface area contributed by atoms with E-state index >= 15 is 0 Å². The zero-order valence-electron chi connectivity index (χ0n) is 19.1. The largest absolute Gasteiger partial charge is 0.457 e. The molecule has 1 unspecified atom stereocenters. The van der Waals surface area contributed by atoms with Crippen LogP contribution in [0.1, 0.15) is 39.3 Å². The molecule has 7 nitrogen and oxygen atoms in total. The maximum absolute atomic E-state index is 13.3. The van der Waals surface area contributed by atoms with Crippen LogP contribution in [0.15, 0.2) is 65.7 Å². The lowest BCUT2D eigenvalue weighted by molar-refractivity contribution is -0.137. The molecule has 0 bridgehead atoms. The van der Waals surface area contributed by atoms with Crippen molar-refractivity contribution in [3.63, 3.8) is 0 Å². The highest BCUT2D eigenvalue weighted by atomic mass is 32.1. The summed E-state index contributed by atoms with van der Waals surface area (Å²) in [6.45, 7) is 3.01. The number of alkyl halides is 3. The van der Waals surface area contributed by atoms with Crippen molar-refractivity contribution >= 4 is 39.1 Å². The predicted molar refractivity (Wildman–Crippen MR) is 129 cm³/mol. The molecular formula is C25H20F3N3O4S. The van der Waals surface area contributed by atoms with Gasteiger partial charge in [0.1, 0.15) is 22.4 Å². The minimum Gasteiger partial charge on any atom is -0.457 e. The van der Waals surface area contributed by atoms with Gasteiger partial charge in [-0.2, -0.15) is 13.2 Å². The standard InChI is InChI=1S/C25H20F3N3O4S/c1-14-19-22(36-20(14)24(34)35-12-16-8-4-3-5-9-16)29-13-31(23(19)33)15(2)21(32)30-18-11-7-6-10-17(18)25(26,27)28/h3-11,13,15H,12H2,1-2H3,(H,30,32). The molecular weight excluding hydrogens is 495 g/mol. The van der Waals surface area contributed by atoms with E-state index in [1.165, 1.54) is 19.1 Å². The summed E-state index contributed by atoms with van der Waals surface area (Å²) in [7, 11) is 0. The van der Waals surface area contributed by atoms with E-state index in [1.54, 1.807) is 6.92 Å². The second-order valence-corrected chi connectivity index (χ2v) is 8.96. The van der Waals surface area contributed by atoms with Crippen LogP contribution in [0.5, 0.6) is 0 Å². The molecule has 1 atom stereocenters. The average Bonchev–Trinajstić information content (AvgIpc) is 3.20. The van der Waals surface area contributed by atoms with Gasteiger partial charge >= 0.3 is 12.1 Å². The molecule has 1 amide bonds. The van der Waals surface area contributed by atoms with Crippen LogP contribution >= 0.6 is 11.3 Å². The lowest BCUT2D eigenvalue weighted by atomic mass is 10.1. The number of carbonyl (C=O) groups is 2. The number of nitrogens with one attached hydrogen (secondary N) is 1. The first-order chi connectivity index (χ1) is 17.1. The molecule has 11 heteroatoms. The van der Waals surface area contributed by atoms with Crippen LogP contribution < -0.4 is 10.9 Å². The minimum absolute atomic E-state index is 0.0572. The molecule has 36 heavy (non-hydrogen) atoms. The summed E-state index contributed by atoms with van der Waals surface area (Å²) < 4.78 is 46.2. The molecule has 0 saturated heterocycles. The van der Waals surface area contributed by atoms with Gasteiger partial charge in [-0.3, -0.25) is 14.2 Å². The van der Waals surface area contributed by atoms with E-state index in [0.717, 1.165) is 39.9 Å². The van der Waals surface area contributed by atoms with Gasteiger partial charge in [-0.05, 0) is 37.1 Å². The van der Waals surface area contributed by atoms with Crippen molar-refractivity contribution < 1.29 is 27.5 Å². The van der Waals surface area contributed by atoms with Gasteiger partial charge in [0.2, 0.25) is 5.91 Å². The van der Waals surface area contributed by atoms with Crippen LogP contribution in [0.2, 0.25) is 0 Å². The van der Waals surface area contributed by atoms with E-state index in [4.69, 9.17) is 4.74 Å². The molecule has 1 N–H and O–H groups in total.